The van der Waals surface area contributed by atoms with Gasteiger partial charge in [-0.3, -0.25) is 4.79 Å². The number of carbonyl (C=O) groups is 1. The average molecular weight is 1580 g/mol. The summed E-state index contributed by atoms with van der Waals surface area (Å²) in [5, 5.41) is 4.21. The van der Waals surface area contributed by atoms with E-state index in [1.165, 1.54) is 0 Å². The van der Waals surface area contributed by atoms with Gasteiger partial charge in [-0.05, 0) is 314 Å². The molecule has 4 heterocycles. The molecule has 0 spiro atoms. The number of methoxy groups -OCH3 is 8. The monoisotopic (exact) mass is 1580 g/mol. The second-order valence-corrected chi connectivity index (χ2v) is 30.6. The molecular weight excluding hydrogens is 1510 g/mol. The number of benzene rings is 14. The molecule has 1 aliphatic carbocycles. The normalized spacial score (nSPS) is 11.6. The largest absolute Gasteiger partial charge is 0.497 e. The lowest BCUT2D eigenvalue weighted by molar-refractivity contribution is 0.104. The topological polar surface area (TPSA) is 114 Å². The van der Waals surface area contributed by atoms with Crippen LogP contribution in [0.25, 0.3) is 85.6 Å². The maximum absolute atomic E-state index is 14.8. The molecule has 4 aromatic heterocycles. The summed E-state index contributed by atoms with van der Waals surface area (Å²) in [4.78, 5) is 27.8. The van der Waals surface area contributed by atoms with Crippen molar-refractivity contribution in [1.82, 2.24) is 9.13 Å². The highest BCUT2D eigenvalue weighted by atomic mass is 32.1. The van der Waals surface area contributed by atoms with E-state index >= 15 is 0 Å². The van der Waals surface area contributed by atoms with Gasteiger partial charge in [0.1, 0.15) is 46.0 Å². The SMILES string of the molecule is COc1ccc(N(c2ccc(OC)cc2)c2ccc3c(c2)c2cc(N(c4ccc(OC)cc4)c4ccc(OC)cc4)ccc2n3-c2ccc(-c3cc4c(s3)-c3sc(-c5ccc(-n6c7ccc(N(c8ccc(OC)cc8)c8ccc(OC)cc8)cc7c7cc(N(c8ccc(OC)cc8)c8ccc(OC)cc8)ccc76)cc5)cc3C4=O)cc2)cc1. The zero-order valence-electron chi connectivity index (χ0n) is 65.9. The van der Waals surface area contributed by atoms with Gasteiger partial charge in [0.25, 0.3) is 0 Å². The maximum atomic E-state index is 14.8. The molecule has 0 bridgehead atoms. The van der Waals surface area contributed by atoms with Gasteiger partial charge in [-0.15, -0.1) is 22.7 Å². The predicted molar refractivity (Wildman–Crippen MR) is 482 cm³/mol. The lowest BCUT2D eigenvalue weighted by Gasteiger charge is -2.26. The van der Waals surface area contributed by atoms with Crippen molar-refractivity contribution in [2.75, 3.05) is 76.5 Å². The Labute approximate surface area is 690 Å². The third-order valence-corrected chi connectivity index (χ3v) is 24.7. The molecule has 1 aliphatic rings. The minimum absolute atomic E-state index is 0.0430. The highest BCUT2D eigenvalue weighted by Crippen LogP contribution is 2.53. The number of rotatable bonds is 24. The van der Waals surface area contributed by atoms with Gasteiger partial charge in [0.05, 0.1) is 88.7 Å². The molecule has 0 atom stereocenters. The van der Waals surface area contributed by atoms with Crippen LogP contribution in [0, 0.1) is 0 Å². The number of anilines is 12. The van der Waals surface area contributed by atoms with E-state index in [4.69, 9.17) is 37.9 Å². The van der Waals surface area contributed by atoms with Gasteiger partial charge in [0, 0.05) is 122 Å². The van der Waals surface area contributed by atoms with Crippen molar-refractivity contribution in [3.8, 4) is 88.0 Å². The number of nitrogens with zero attached hydrogens (tertiary/aromatic N) is 6. The molecule has 17 heteroatoms. The minimum atomic E-state index is 0.0430. The van der Waals surface area contributed by atoms with Crippen LogP contribution in [0.2, 0.25) is 0 Å². The van der Waals surface area contributed by atoms with Crippen LogP contribution in [-0.2, 0) is 0 Å². The van der Waals surface area contributed by atoms with E-state index in [1.807, 2.05) is 97.1 Å². The number of ketones is 1. The van der Waals surface area contributed by atoms with Crippen molar-refractivity contribution in [3.63, 3.8) is 0 Å². The van der Waals surface area contributed by atoms with Crippen LogP contribution in [0.1, 0.15) is 15.9 Å². The van der Waals surface area contributed by atoms with E-state index in [2.05, 4.69) is 259 Å². The number of fused-ring (bicyclic) bond motifs is 9. The third-order valence-electron chi connectivity index (χ3n) is 22.1. The van der Waals surface area contributed by atoms with E-state index in [1.54, 1.807) is 79.6 Å². The molecular formula is C101H78N6O9S2. The van der Waals surface area contributed by atoms with Crippen molar-refractivity contribution < 1.29 is 42.7 Å². The number of hydrogen-bond donors (Lipinski definition) is 0. The van der Waals surface area contributed by atoms with Crippen LogP contribution in [0.5, 0.6) is 46.0 Å². The molecule has 19 rings (SSSR count). The summed E-state index contributed by atoms with van der Waals surface area (Å²) < 4.78 is 49.8. The summed E-state index contributed by atoms with van der Waals surface area (Å²) in [5.41, 5.74) is 21.2. The summed E-state index contributed by atoms with van der Waals surface area (Å²) in [6, 6.07) is 114. The average Bonchev–Trinajstić information content (AvgIpc) is 1.58. The van der Waals surface area contributed by atoms with Crippen LogP contribution < -0.4 is 57.5 Å². The first-order valence-electron chi connectivity index (χ1n) is 38.5. The zero-order valence-corrected chi connectivity index (χ0v) is 67.5. The zero-order chi connectivity index (χ0) is 80.2. The molecule has 0 saturated heterocycles. The van der Waals surface area contributed by atoms with E-state index in [9.17, 15) is 4.79 Å². The Morgan fingerprint density at radius 1 is 0.220 bits per heavy atom. The Kier molecular flexibility index (Phi) is 19.3. The highest BCUT2D eigenvalue weighted by molar-refractivity contribution is 7.26. The second-order valence-electron chi connectivity index (χ2n) is 28.5. The Balaban J connectivity index is 0.672. The van der Waals surface area contributed by atoms with Crippen molar-refractivity contribution in [2.24, 2.45) is 0 Å². The molecule has 15 nitrogen and oxygen atoms in total. The van der Waals surface area contributed by atoms with Gasteiger partial charge in [-0.2, -0.15) is 0 Å². The molecule has 578 valence electrons. The molecule has 0 unspecified atom stereocenters. The standard InChI is InChI=1S/C101H78N6O9S2/c1-109-79-37-17-65(18-38-79)102(66-19-39-80(110-2)40-20-66)75-33-53-93-87(57-75)88-58-76(103(67-21-41-81(111-3)42-22-67)68-23-43-82(112-4)44-24-68)34-54-94(88)106(93)73-13-9-63(10-14-73)97-61-91-99(108)92-62-98(118-101(92)100(91)117-97)64-11-15-74(16-12-64)107-95-55-35-77(104(69-25-45-83(113-5)46-26-69)70-27-47-84(114-6)48-28-70)59-89(95)90-60-78(36-56-96(90)107)105(71-29-49-85(115-7)50-30-71)72-31-51-86(116-8)52-32-72/h9-62H,1-8H3. The molecule has 0 N–H and O–H groups in total. The molecule has 0 radical (unpaired) electrons. The van der Waals surface area contributed by atoms with Crippen LogP contribution in [-0.4, -0.2) is 71.8 Å². The smallest absolute Gasteiger partial charge is 0.196 e. The molecule has 0 saturated carbocycles. The van der Waals surface area contributed by atoms with Crippen molar-refractivity contribution in [3.05, 3.63) is 339 Å². The fourth-order valence-electron chi connectivity index (χ4n) is 16.2. The highest BCUT2D eigenvalue weighted by Gasteiger charge is 2.33. The van der Waals surface area contributed by atoms with Crippen molar-refractivity contribution in [1.29, 1.82) is 0 Å². The van der Waals surface area contributed by atoms with Crippen LogP contribution in [0.4, 0.5) is 68.2 Å². The number of ether oxygens (including phenoxy) is 8. The maximum Gasteiger partial charge on any atom is 0.196 e. The van der Waals surface area contributed by atoms with E-state index < -0.39 is 0 Å². The number of aromatic nitrogens is 2. The predicted octanol–water partition coefficient (Wildman–Crippen LogP) is 26.5. The molecule has 18 aromatic rings. The Morgan fingerprint density at radius 2 is 0.407 bits per heavy atom. The van der Waals surface area contributed by atoms with Gasteiger partial charge >= 0.3 is 0 Å². The summed E-state index contributed by atoms with van der Waals surface area (Å²) in [6.45, 7) is 0. The first-order chi connectivity index (χ1) is 58.0. The van der Waals surface area contributed by atoms with Crippen LogP contribution in [0.3, 0.4) is 0 Å². The molecule has 14 aromatic carbocycles. The first kappa shape index (κ1) is 73.5. The Morgan fingerprint density at radius 3 is 0.593 bits per heavy atom. The first-order valence-corrected chi connectivity index (χ1v) is 40.1. The van der Waals surface area contributed by atoms with Gasteiger partial charge in [-0.1, -0.05) is 24.3 Å². The summed E-state index contributed by atoms with van der Waals surface area (Å²) in [5.74, 6) is 6.18. The summed E-state index contributed by atoms with van der Waals surface area (Å²) in [7, 11) is 13.5. The second kappa shape index (κ2) is 30.9. The third kappa shape index (κ3) is 13.3. The van der Waals surface area contributed by atoms with Gasteiger partial charge in [0.15, 0.2) is 5.78 Å². The van der Waals surface area contributed by atoms with Crippen LogP contribution >= 0.6 is 22.7 Å². The number of thiophene rings is 2. The quantitative estimate of drug-likeness (QED) is 0.0572. The van der Waals surface area contributed by atoms with E-state index in [0.717, 1.165) is 211 Å². The lowest BCUT2D eigenvalue weighted by atomic mass is 10.1. The summed E-state index contributed by atoms with van der Waals surface area (Å²) in [6.07, 6.45) is 0. The van der Waals surface area contributed by atoms with Gasteiger partial charge < -0.3 is 66.6 Å². The van der Waals surface area contributed by atoms with Crippen LogP contribution in [0.15, 0.2) is 328 Å². The van der Waals surface area contributed by atoms with E-state index in [-0.39, 0.29) is 5.78 Å². The fourth-order valence-corrected chi connectivity index (χ4v) is 18.7. The fraction of sp³-hybridized carbons (Fsp3) is 0.0792. The number of carbonyl (C=O) groups excluding carboxylic acids is 1. The molecule has 0 aliphatic heterocycles. The Hall–Kier alpha value is -14.7. The van der Waals surface area contributed by atoms with Gasteiger partial charge in [0.2, 0.25) is 0 Å². The lowest BCUT2D eigenvalue weighted by Crippen LogP contribution is -2.10. The summed E-state index contributed by atoms with van der Waals surface area (Å²) >= 11 is 3.34. The molecule has 0 fully saturated rings. The number of hydrogen-bond acceptors (Lipinski definition) is 15. The van der Waals surface area contributed by atoms with Gasteiger partial charge in [-0.25, -0.2) is 0 Å². The molecule has 118 heavy (non-hydrogen) atoms. The Bertz CT molecular complexity index is 5850. The van der Waals surface area contributed by atoms with Crippen molar-refractivity contribution >= 4 is 140 Å². The van der Waals surface area contributed by atoms with E-state index in [0.29, 0.717) is 0 Å². The van der Waals surface area contributed by atoms with Crippen molar-refractivity contribution in [2.45, 2.75) is 0 Å². The minimum Gasteiger partial charge on any atom is -0.497 e. The molecule has 0 amide bonds.